The number of hydrogen-bond donors (Lipinski definition) is 12. The van der Waals surface area contributed by atoms with Crippen LogP contribution in [0.25, 0.3) is 31.8 Å². The predicted octanol–water partition coefficient (Wildman–Crippen LogP) is 6.89. The van der Waals surface area contributed by atoms with E-state index in [1.165, 1.54) is 48.1 Å². The van der Waals surface area contributed by atoms with Crippen molar-refractivity contribution >= 4 is 137 Å². The summed E-state index contributed by atoms with van der Waals surface area (Å²) in [5.41, 5.74) is 26.3. The van der Waals surface area contributed by atoms with Crippen LogP contribution < -0.4 is 48.3 Å². The predicted molar refractivity (Wildman–Crippen MR) is 429 cm³/mol. The topological polar surface area (TPSA) is 518 Å². The van der Waals surface area contributed by atoms with Gasteiger partial charge in [-0.05, 0) is 112 Å². The largest absolute Gasteiger partial charge is 0.481 e. The number of carbonyl (C=O) groups excluding carboxylic acids is 11. The number of nitrogens with one attached hydrogen (secondary N) is 9. The number of fused-ring (bicyclic) bond motifs is 1. The lowest BCUT2D eigenvalue weighted by atomic mass is 10.0. The highest BCUT2D eigenvalue weighted by Crippen LogP contribution is 2.37. The summed E-state index contributed by atoms with van der Waals surface area (Å²) >= 11 is 0. The zero-order valence-corrected chi connectivity index (χ0v) is 67.8. The minimum atomic E-state index is -1.72. The van der Waals surface area contributed by atoms with Crippen LogP contribution >= 0.6 is 43.2 Å². The van der Waals surface area contributed by atoms with Gasteiger partial charge in [-0.25, -0.2) is 14.4 Å². The molecule has 2 saturated heterocycles. The molecule has 2 fully saturated rings. The zero-order valence-electron chi connectivity index (χ0n) is 64.5. The lowest BCUT2D eigenvalue weighted by Crippen LogP contribution is -2.59. The average molecular weight is 1650 g/mol. The summed E-state index contributed by atoms with van der Waals surface area (Å²) in [5, 5.41) is 50.8. The number of azide groups is 2. The summed E-state index contributed by atoms with van der Waals surface area (Å²) in [4.78, 5) is 179. The maximum absolute atomic E-state index is 15.2. The first kappa shape index (κ1) is 92.2. The van der Waals surface area contributed by atoms with Gasteiger partial charge in [-0.3, -0.25) is 48.5 Å². The Kier molecular flexibility index (Phi) is 37.9. The lowest BCUT2D eigenvalue weighted by molar-refractivity contribution is -0.156. The number of aromatic amines is 1. The molecule has 13 N–H and O–H groups in total. The molecule has 3 heterocycles. The van der Waals surface area contributed by atoms with Crippen LogP contribution in [0.4, 0.5) is 21.0 Å². The van der Waals surface area contributed by atoms with Gasteiger partial charge < -0.3 is 87.1 Å². The van der Waals surface area contributed by atoms with E-state index in [2.05, 4.69) is 67.6 Å². The lowest BCUT2D eigenvalue weighted by Gasteiger charge is -2.30. The van der Waals surface area contributed by atoms with E-state index in [9.17, 15) is 58.2 Å². The molecule has 2 aliphatic rings. The third-order valence-corrected chi connectivity index (χ3v) is 24.1. The second kappa shape index (κ2) is 46.5. The van der Waals surface area contributed by atoms with Gasteiger partial charge >= 0.3 is 24.1 Å². The fourth-order valence-corrected chi connectivity index (χ4v) is 16.8. The van der Waals surface area contributed by atoms with Crippen LogP contribution in [0.3, 0.4) is 0 Å². The van der Waals surface area contributed by atoms with Crippen molar-refractivity contribution in [1.82, 2.24) is 62.2 Å². The van der Waals surface area contributed by atoms with Crippen LogP contribution in [0.5, 0.6) is 0 Å². The number of aliphatic hydroxyl groups excluding tert-OH is 1. The van der Waals surface area contributed by atoms with Gasteiger partial charge in [0.05, 0.1) is 19.0 Å². The maximum Gasteiger partial charge on any atom is 0.408 e. The summed E-state index contributed by atoms with van der Waals surface area (Å²) in [6.45, 7) is 10.8. The van der Waals surface area contributed by atoms with Crippen LogP contribution in [-0.2, 0) is 81.8 Å². The molecule has 3 aromatic carbocycles. The number of nitrogens with two attached hydrogens (primary N) is 1. The Morgan fingerprint density at radius 1 is 0.628 bits per heavy atom. The third-order valence-electron chi connectivity index (χ3n) is 17.4. The Balaban J connectivity index is 1.17. The van der Waals surface area contributed by atoms with Gasteiger partial charge in [0.2, 0.25) is 41.4 Å². The zero-order chi connectivity index (χ0) is 82.8. The van der Waals surface area contributed by atoms with Crippen molar-refractivity contribution in [3.05, 3.63) is 117 Å². The number of likely N-dealkylation sites (tertiary alicyclic amines) is 2. The first-order valence-electron chi connectivity index (χ1n) is 36.8. The summed E-state index contributed by atoms with van der Waals surface area (Å²) in [5.74, 6) is -9.04. The molecule has 9 atom stereocenters. The number of carbonyl (C=O) groups is 12. The number of nitrogens with zero attached hydrogens (tertiary/aromatic N) is 9. The number of aliphatic hydroxyl groups is 1. The molecule has 0 bridgehead atoms. The molecule has 0 spiro atoms. The van der Waals surface area contributed by atoms with E-state index < -0.39 is 146 Å². The molecule has 0 radical (unpaired) electrons. The smallest absolute Gasteiger partial charge is 0.408 e. The van der Waals surface area contributed by atoms with E-state index in [1.54, 1.807) is 54.7 Å². The van der Waals surface area contributed by atoms with E-state index >= 15 is 9.59 Å². The average Bonchev–Trinajstić information content (AvgIpc) is 1.73. The van der Waals surface area contributed by atoms with Crippen LogP contribution in [0.15, 0.2) is 89.2 Å². The summed E-state index contributed by atoms with van der Waals surface area (Å²) < 4.78 is 15.7. The van der Waals surface area contributed by atoms with E-state index in [0.29, 0.717) is 53.9 Å². The number of H-pyrrole nitrogens is 1. The molecule has 1 aromatic heterocycles. The first-order chi connectivity index (χ1) is 53.7. The molecule has 36 nitrogen and oxygen atoms in total. The molecule has 0 aliphatic carbocycles. The molecule has 2 aliphatic heterocycles. The number of ether oxygens (including phenoxy) is 3. The van der Waals surface area contributed by atoms with Crippen molar-refractivity contribution in [2.75, 3.05) is 64.9 Å². The quantitative estimate of drug-likeness (QED) is 0.00313. The normalized spacial score (nSPS) is 15.9. The highest BCUT2D eigenvalue weighted by molar-refractivity contribution is 8.77. The van der Waals surface area contributed by atoms with E-state index in [0.717, 1.165) is 15.8 Å². The highest BCUT2D eigenvalue weighted by atomic mass is 33.1. The number of unbranched alkanes of at least 4 members (excludes halogenated alkanes) is 2. The number of carboxylic acids is 1. The van der Waals surface area contributed by atoms with Crippen LogP contribution in [-0.4, -0.2) is 230 Å². The fourth-order valence-electron chi connectivity index (χ4n) is 11.9. The number of amides is 10. The number of rotatable bonds is 45. The molecule has 1 unspecified atom stereocenters. The minimum absolute atomic E-state index is 0.0156. The SMILES string of the molecule is CN(C)CCCC[C@H](NC(O)CNC(=O)[C@H](CSSC(C)(C)C)NC(=O)OCc1ccc(N=[N+]=[N-])cc1)C(=O)N[C@@H](Cc1c[nH]c2ccccc12)C(=O)N[C@@H](CSSC(C)(C)C)C(=O)N1CCC[C@H]1C(=O)OCC(=O)N[C@@H](CCCCNC(=O)OCc1ccc(N=[N+]=[N-])cc1)C(=O)N[C@@H](CC(=O)O)C(=O)N1CCC[C@H]1C(N)=O. The monoisotopic (exact) mass is 1650 g/mol. The van der Waals surface area contributed by atoms with Gasteiger partial charge in [0.1, 0.15) is 61.7 Å². The Bertz CT molecular complexity index is 4000. The number of carboxylic acid groups (broad SMARTS) is 1. The van der Waals surface area contributed by atoms with E-state index in [4.69, 9.17) is 31.0 Å². The molecular weight excluding hydrogens is 1540 g/mol. The van der Waals surface area contributed by atoms with Crippen LogP contribution in [0.1, 0.15) is 129 Å². The molecule has 0 saturated carbocycles. The van der Waals surface area contributed by atoms with Gasteiger partial charge in [-0.1, -0.05) is 168 Å². The van der Waals surface area contributed by atoms with Crippen molar-refractivity contribution in [1.29, 1.82) is 0 Å². The summed E-state index contributed by atoms with van der Waals surface area (Å²) in [6, 6.07) is 9.29. The van der Waals surface area contributed by atoms with Crippen molar-refractivity contribution in [2.45, 2.75) is 196 Å². The van der Waals surface area contributed by atoms with Gasteiger partial charge in [0, 0.05) is 85.4 Å². The first-order valence-corrected chi connectivity index (χ1v) is 41.5. The van der Waals surface area contributed by atoms with E-state index in [1.807, 2.05) is 84.8 Å². The number of para-hydroxylation sites is 1. The van der Waals surface area contributed by atoms with E-state index in [-0.39, 0.29) is 105 Å². The van der Waals surface area contributed by atoms with Gasteiger partial charge in [0.25, 0.3) is 5.91 Å². The fraction of sp³-hybridized carbons (Fsp3) is 0.562. The standard InChI is InChI=1S/C73H103N19O17S4/c1-72(2,3)112-110-42-55(85-71(106)109-40-45-25-29-48(30-26-45)87-89-76)63(98)79-38-59(93)80-51(20-12-14-32-90(7)8)64(99)82-53(35-46-37-78-50-18-10-9-17-49(46)50)66(101)84-56(43-111-113-73(4,5)6)68(103)92-34-16-22-58(92)69(104)107-41-60(94)81-52(19-11-13-31-77-70(105)108-39-44-23-27-47(28-24-44)86-88-75)65(100)83-54(36-61(95)96)67(102)91-33-15-21-57(91)62(74)97/h9-10,17-18,23-30,37,51-59,78,80,93H,11-16,19-22,31-36,38-43H2,1-8H3,(H2,74,97)(H,77,105)(H,79,98)(H,81,94)(H,82,99)(H,83,100)(H,84,101)(H,85,106)(H,95,96)/t51-,52-,53-,54-,55-,56-,57-,58-,59?/m0/s1. The molecule has 6 rings (SSSR count). The van der Waals surface area contributed by atoms with Gasteiger partial charge in [-0.15, -0.1) is 0 Å². The third kappa shape index (κ3) is 32.8. The van der Waals surface area contributed by atoms with Crippen molar-refractivity contribution in [3.8, 4) is 0 Å². The summed E-state index contributed by atoms with van der Waals surface area (Å²) in [7, 11) is 9.31. The number of alkyl carbamates (subject to hydrolysis) is 2. The van der Waals surface area contributed by atoms with Gasteiger partial charge in [0.15, 0.2) is 6.61 Å². The number of aliphatic carboxylic acids is 1. The summed E-state index contributed by atoms with van der Waals surface area (Å²) in [6.07, 6.45) is -0.251. The minimum Gasteiger partial charge on any atom is -0.481 e. The maximum atomic E-state index is 15.2. The molecule has 616 valence electrons. The van der Waals surface area contributed by atoms with Crippen molar-refractivity contribution in [3.63, 3.8) is 0 Å². The molecule has 40 heteroatoms. The number of primary amides is 1. The molecule has 10 amide bonds. The Morgan fingerprint density at radius 3 is 1.75 bits per heavy atom. The van der Waals surface area contributed by atoms with Crippen LogP contribution in [0, 0.1) is 0 Å². The molecule has 4 aromatic rings. The Morgan fingerprint density at radius 2 is 1.16 bits per heavy atom. The Hall–Kier alpha value is -9.66. The molecular formula is C73H103N19O17S4. The van der Waals surface area contributed by atoms with Crippen molar-refractivity contribution in [2.24, 2.45) is 16.0 Å². The van der Waals surface area contributed by atoms with Gasteiger partial charge in [-0.2, -0.15) is 0 Å². The number of aromatic nitrogens is 1. The Labute approximate surface area is 670 Å². The highest BCUT2D eigenvalue weighted by Gasteiger charge is 2.42. The second-order valence-electron chi connectivity index (χ2n) is 29.1. The number of hydrogen-bond acceptors (Lipinski definition) is 24. The van der Waals surface area contributed by atoms with Crippen LogP contribution in [0.2, 0.25) is 0 Å². The second-order valence-corrected chi connectivity index (χ2v) is 35.4. The number of benzene rings is 3. The number of esters is 1. The molecule has 113 heavy (non-hydrogen) atoms. The van der Waals surface area contributed by atoms with Crippen molar-refractivity contribution < 1.29 is 82.0 Å².